The molecule has 0 aliphatic carbocycles. The lowest BCUT2D eigenvalue weighted by molar-refractivity contribution is -0.131. The maximum Gasteiger partial charge on any atom is 0.241 e. The monoisotopic (exact) mass is 274 g/mol. The summed E-state index contributed by atoms with van der Waals surface area (Å²) in [6, 6.07) is 6.79. The topological polar surface area (TPSA) is 134 Å². The van der Waals surface area contributed by atoms with E-state index in [0.29, 0.717) is 5.56 Å². The number of nitrogens with zero attached hydrogens (tertiary/aromatic N) is 3. The van der Waals surface area contributed by atoms with Crippen LogP contribution in [0, 0.1) is 22.7 Å². The molecule has 7 nitrogen and oxygen atoms in total. The number of amides is 1. The molecule has 7 heteroatoms. The zero-order valence-corrected chi connectivity index (χ0v) is 10.7. The molecule has 0 bridgehead atoms. The molecular formula is C13H14N4O3. The van der Waals surface area contributed by atoms with Crippen molar-refractivity contribution in [3.63, 3.8) is 0 Å². The molecule has 1 aromatic rings. The Morgan fingerprint density at radius 3 is 2.35 bits per heavy atom. The standard InChI is InChI=1S/C13H14N4O3/c14-3-5-17(6-4-15)13(20)10(16)7-9-1-2-11(18)12(19)8-9/h1-2,8,10,18-19H,5-7,16H2/t10-/m0/s1. The molecule has 104 valence electrons. The number of aromatic hydroxyl groups is 2. The Balaban J connectivity index is 2.76. The van der Waals surface area contributed by atoms with Crippen molar-refractivity contribution in [3.05, 3.63) is 23.8 Å². The molecule has 0 aliphatic rings. The normalized spacial score (nSPS) is 11.2. The number of hydrogen-bond donors (Lipinski definition) is 3. The Morgan fingerprint density at radius 1 is 1.25 bits per heavy atom. The van der Waals surface area contributed by atoms with Crippen LogP contribution in [-0.2, 0) is 11.2 Å². The number of carbonyl (C=O) groups is 1. The summed E-state index contributed by atoms with van der Waals surface area (Å²) >= 11 is 0. The van der Waals surface area contributed by atoms with E-state index in [9.17, 15) is 15.0 Å². The number of carbonyl (C=O) groups excluding carboxylic acids is 1. The molecule has 1 aromatic carbocycles. The molecule has 20 heavy (non-hydrogen) atoms. The smallest absolute Gasteiger partial charge is 0.241 e. The minimum atomic E-state index is -0.930. The van der Waals surface area contributed by atoms with E-state index in [4.69, 9.17) is 16.3 Å². The molecule has 0 spiro atoms. The summed E-state index contributed by atoms with van der Waals surface area (Å²) in [5, 5.41) is 35.7. The second-order valence-electron chi connectivity index (χ2n) is 4.14. The highest BCUT2D eigenvalue weighted by molar-refractivity contribution is 5.82. The zero-order valence-electron chi connectivity index (χ0n) is 10.7. The van der Waals surface area contributed by atoms with Crippen molar-refractivity contribution in [2.75, 3.05) is 13.1 Å². The SMILES string of the molecule is N#CCN(CC#N)C(=O)[C@@H](N)Cc1ccc(O)c(O)c1. The van der Waals surface area contributed by atoms with Crippen molar-refractivity contribution >= 4 is 5.91 Å². The van der Waals surface area contributed by atoms with Crippen LogP contribution in [0.25, 0.3) is 0 Å². The van der Waals surface area contributed by atoms with Gasteiger partial charge in [-0.05, 0) is 24.1 Å². The fraction of sp³-hybridized carbons (Fsp3) is 0.308. The summed E-state index contributed by atoms with van der Waals surface area (Å²) in [5.74, 6) is -1.07. The van der Waals surface area contributed by atoms with Crippen LogP contribution in [-0.4, -0.2) is 40.2 Å². The first-order chi connectivity index (χ1) is 9.49. The number of benzene rings is 1. The Bertz CT molecular complexity index is 558. The highest BCUT2D eigenvalue weighted by atomic mass is 16.3. The van der Waals surface area contributed by atoms with Gasteiger partial charge in [0, 0.05) is 0 Å². The van der Waals surface area contributed by atoms with Crippen LogP contribution in [0.5, 0.6) is 11.5 Å². The Kier molecular flexibility index (Phi) is 5.33. The number of rotatable bonds is 5. The van der Waals surface area contributed by atoms with E-state index in [-0.39, 0.29) is 31.0 Å². The maximum atomic E-state index is 12.0. The van der Waals surface area contributed by atoms with Gasteiger partial charge in [-0.15, -0.1) is 0 Å². The Labute approximate surface area is 116 Å². The van der Waals surface area contributed by atoms with E-state index in [0.717, 1.165) is 4.90 Å². The van der Waals surface area contributed by atoms with Gasteiger partial charge in [0.15, 0.2) is 11.5 Å². The molecule has 0 saturated carbocycles. The molecule has 1 amide bonds. The van der Waals surface area contributed by atoms with Crippen molar-refractivity contribution < 1.29 is 15.0 Å². The average molecular weight is 274 g/mol. The van der Waals surface area contributed by atoms with Crippen LogP contribution >= 0.6 is 0 Å². The van der Waals surface area contributed by atoms with Gasteiger partial charge in [0.1, 0.15) is 13.1 Å². The molecular weight excluding hydrogens is 260 g/mol. The largest absolute Gasteiger partial charge is 0.504 e. The van der Waals surface area contributed by atoms with E-state index in [1.54, 1.807) is 12.1 Å². The minimum Gasteiger partial charge on any atom is -0.504 e. The number of phenols is 2. The first-order valence-corrected chi connectivity index (χ1v) is 5.78. The van der Waals surface area contributed by atoms with Crippen molar-refractivity contribution in [2.45, 2.75) is 12.5 Å². The van der Waals surface area contributed by atoms with E-state index >= 15 is 0 Å². The molecule has 1 atom stereocenters. The first kappa shape index (κ1) is 15.3. The Hall–Kier alpha value is -2.77. The van der Waals surface area contributed by atoms with Gasteiger partial charge in [-0.1, -0.05) is 6.07 Å². The van der Waals surface area contributed by atoms with Crippen LogP contribution < -0.4 is 5.73 Å². The van der Waals surface area contributed by atoms with E-state index in [1.807, 2.05) is 0 Å². The molecule has 0 saturated heterocycles. The third-order valence-electron chi connectivity index (χ3n) is 2.65. The predicted octanol–water partition coefficient (Wildman–Crippen LogP) is -0.157. The van der Waals surface area contributed by atoms with Crippen LogP contribution in [0.1, 0.15) is 5.56 Å². The molecule has 0 fully saturated rings. The number of nitrogens with two attached hydrogens (primary N) is 1. The number of hydrogen-bond acceptors (Lipinski definition) is 6. The van der Waals surface area contributed by atoms with Gasteiger partial charge in [0.2, 0.25) is 5.91 Å². The van der Waals surface area contributed by atoms with Crippen molar-refractivity contribution in [3.8, 4) is 23.6 Å². The van der Waals surface area contributed by atoms with Gasteiger partial charge >= 0.3 is 0 Å². The fourth-order valence-electron chi connectivity index (χ4n) is 1.65. The quantitative estimate of drug-likeness (QED) is 0.504. The van der Waals surface area contributed by atoms with Crippen LogP contribution in [0.2, 0.25) is 0 Å². The van der Waals surface area contributed by atoms with Crippen LogP contribution in [0.4, 0.5) is 0 Å². The van der Waals surface area contributed by atoms with Gasteiger partial charge in [-0.3, -0.25) is 4.79 Å². The van der Waals surface area contributed by atoms with E-state index < -0.39 is 11.9 Å². The molecule has 0 heterocycles. The van der Waals surface area contributed by atoms with Gasteiger partial charge in [0.05, 0.1) is 18.2 Å². The van der Waals surface area contributed by atoms with Crippen molar-refractivity contribution in [1.82, 2.24) is 4.90 Å². The minimum absolute atomic E-state index is 0.125. The molecule has 0 radical (unpaired) electrons. The molecule has 0 unspecified atom stereocenters. The molecule has 0 aliphatic heterocycles. The van der Waals surface area contributed by atoms with Crippen LogP contribution in [0.3, 0.4) is 0 Å². The summed E-state index contributed by atoms with van der Waals surface area (Å²) in [7, 11) is 0. The average Bonchev–Trinajstić information content (AvgIpc) is 2.42. The third-order valence-corrected chi connectivity index (χ3v) is 2.65. The highest BCUT2D eigenvalue weighted by Crippen LogP contribution is 2.25. The summed E-state index contributed by atoms with van der Waals surface area (Å²) < 4.78 is 0. The zero-order chi connectivity index (χ0) is 15.1. The second kappa shape index (κ2) is 6.98. The van der Waals surface area contributed by atoms with E-state index in [1.165, 1.54) is 18.2 Å². The van der Waals surface area contributed by atoms with Gasteiger partial charge in [-0.25, -0.2) is 0 Å². The predicted molar refractivity (Wildman–Crippen MR) is 69.3 cm³/mol. The molecule has 0 aromatic heterocycles. The summed E-state index contributed by atoms with van der Waals surface area (Å²) in [6.45, 7) is -0.415. The maximum absolute atomic E-state index is 12.0. The van der Waals surface area contributed by atoms with Gasteiger partial charge in [0.25, 0.3) is 0 Å². The summed E-state index contributed by atoms with van der Waals surface area (Å²) in [6.07, 6.45) is 0.125. The molecule has 1 rings (SSSR count). The molecule has 4 N–H and O–H groups in total. The van der Waals surface area contributed by atoms with E-state index in [2.05, 4.69) is 0 Å². The number of nitriles is 2. The fourth-order valence-corrected chi connectivity index (χ4v) is 1.65. The summed E-state index contributed by atoms with van der Waals surface area (Å²) in [5.41, 5.74) is 6.31. The highest BCUT2D eigenvalue weighted by Gasteiger charge is 2.21. The lowest BCUT2D eigenvalue weighted by atomic mass is 10.0. The van der Waals surface area contributed by atoms with Gasteiger partial charge < -0.3 is 20.8 Å². The Morgan fingerprint density at radius 2 is 1.85 bits per heavy atom. The first-order valence-electron chi connectivity index (χ1n) is 5.78. The van der Waals surface area contributed by atoms with Gasteiger partial charge in [-0.2, -0.15) is 10.5 Å². The third kappa shape index (κ3) is 3.87. The number of phenolic OH excluding ortho intramolecular Hbond substituents is 2. The second-order valence-corrected chi connectivity index (χ2v) is 4.14. The summed E-state index contributed by atoms with van der Waals surface area (Å²) in [4.78, 5) is 13.0. The lowest BCUT2D eigenvalue weighted by Gasteiger charge is -2.20. The van der Waals surface area contributed by atoms with Crippen molar-refractivity contribution in [2.24, 2.45) is 5.73 Å². The lowest BCUT2D eigenvalue weighted by Crippen LogP contribution is -2.45. The van der Waals surface area contributed by atoms with Crippen LogP contribution in [0.15, 0.2) is 18.2 Å². The van der Waals surface area contributed by atoms with Crippen molar-refractivity contribution in [1.29, 1.82) is 10.5 Å².